The highest BCUT2D eigenvalue weighted by atomic mass is 35.5. The smallest absolute Gasteiger partial charge is 0.336 e. The van der Waals surface area contributed by atoms with Crippen molar-refractivity contribution in [2.75, 3.05) is 0 Å². The molecule has 0 aliphatic rings. The lowest BCUT2D eigenvalue weighted by atomic mass is 9.93. The van der Waals surface area contributed by atoms with Gasteiger partial charge in [0.15, 0.2) is 0 Å². The van der Waals surface area contributed by atoms with Crippen LogP contribution in [0, 0.1) is 5.82 Å². The summed E-state index contributed by atoms with van der Waals surface area (Å²) in [4.78, 5) is 11.6. The molecule has 0 fully saturated rings. The summed E-state index contributed by atoms with van der Waals surface area (Å²) in [6, 6.07) is 10.4. The van der Waals surface area contributed by atoms with Crippen LogP contribution in [-0.2, 0) is 0 Å². The van der Waals surface area contributed by atoms with Crippen LogP contribution >= 0.6 is 11.6 Å². The Morgan fingerprint density at radius 3 is 2.60 bits per heavy atom. The minimum atomic E-state index is -0.515. The van der Waals surface area contributed by atoms with Crippen LogP contribution in [0.15, 0.2) is 51.7 Å². The zero-order valence-corrected chi connectivity index (χ0v) is 10.9. The molecule has 0 spiro atoms. The molecule has 2 aromatic carbocycles. The normalized spacial score (nSPS) is 10.9. The van der Waals surface area contributed by atoms with E-state index in [1.807, 2.05) is 0 Å². The number of fused-ring (bicyclic) bond motifs is 1. The first-order chi connectivity index (χ1) is 9.54. The van der Waals surface area contributed by atoms with Crippen molar-refractivity contribution < 1.29 is 8.81 Å². The highest BCUT2D eigenvalue weighted by molar-refractivity contribution is 6.34. The molecule has 0 N–H and O–H groups in total. The fourth-order valence-electron chi connectivity index (χ4n) is 2.11. The van der Waals surface area contributed by atoms with Crippen molar-refractivity contribution >= 4 is 35.9 Å². The average Bonchev–Trinajstić information content (AvgIpc) is 2.37. The van der Waals surface area contributed by atoms with Crippen molar-refractivity contribution in [1.29, 1.82) is 0 Å². The summed E-state index contributed by atoms with van der Waals surface area (Å²) in [5.74, 6) is -0.435. The predicted octanol–water partition coefficient (Wildman–Crippen LogP) is 3.05. The maximum atomic E-state index is 13.1. The Bertz CT molecular complexity index is 873. The van der Waals surface area contributed by atoms with E-state index in [2.05, 4.69) is 0 Å². The predicted molar refractivity (Wildman–Crippen MR) is 78.3 cm³/mol. The van der Waals surface area contributed by atoms with Gasteiger partial charge < -0.3 is 4.42 Å². The van der Waals surface area contributed by atoms with Crippen molar-refractivity contribution in [3.63, 3.8) is 0 Å². The first-order valence-corrected chi connectivity index (χ1v) is 6.21. The Kier molecular flexibility index (Phi) is 3.11. The molecule has 0 amide bonds. The van der Waals surface area contributed by atoms with Gasteiger partial charge in [0.25, 0.3) is 0 Å². The highest BCUT2D eigenvalue weighted by Crippen LogP contribution is 2.32. The molecule has 0 bridgehead atoms. The van der Waals surface area contributed by atoms with E-state index in [0.717, 1.165) is 0 Å². The third-order valence-corrected chi connectivity index (χ3v) is 3.30. The third kappa shape index (κ3) is 2.23. The van der Waals surface area contributed by atoms with E-state index in [4.69, 9.17) is 23.9 Å². The largest absolute Gasteiger partial charge is 0.423 e. The molecule has 2 radical (unpaired) electrons. The van der Waals surface area contributed by atoms with Gasteiger partial charge in [0.1, 0.15) is 19.2 Å². The van der Waals surface area contributed by atoms with Gasteiger partial charge in [-0.25, -0.2) is 9.18 Å². The molecule has 0 saturated heterocycles. The number of hydrogen-bond acceptors (Lipinski definition) is 2. The van der Waals surface area contributed by atoms with E-state index in [9.17, 15) is 9.18 Å². The summed E-state index contributed by atoms with van der Waals surface area (Å²) in [5, 5.41) is 0.918. The molecule has 96 valence electrons. The van der Waals surface area contributed by atoms with Crippen LogP contribution in [0.3, 0.4) is 0 Å². The molecule has 1 heterocycles. The summed E-state index contributed by atoms with van der Waals surface area (Å²) in [6.45, 7) is 0. The fourth-order valence-corrected chi connectivity index (χ4v) is 2.38. The average molecular weight is 284 g/mol. The summed E-state index contributed by atoms with van der Waals surface area (Å²) in [6.07, 6.45) is 0. The van der Waals surface area contributed by atoms with Crippen molar-refractivity contribution in [1.82, 2.24) is 0 Å². The molecule has 1 aromatic heterocycles. The van der Waals surface area contributed by atoms with E-state index in [-0.39, 0.29) is 5.02 Å². The number of rotatable bonds is 1. The maximum absolute atomic E-state index is 13.1. The summed E-state index contributed by atoms with van der Waals surface area (Å²) in [5.41, 5.74) is 1.49. The van der Waals surface area contributed by atoms with E-state index in [1.165, 1.54) is 24.3 Å². The molecule has 0 aliphatic heterocycles. The Morgan fingerprint density at radius 1 is 1.05 bits per heavy atom. The molecule has 0 unspecified atom stereocenters. The van der Waals surface area contributed by atoms with Crippen LogP contribution in [0.4, 0.5) is 4.39 Å². The first-order valence-electron chi connectivity index (χ1n) is 5.83. The monoisotopic (exact) mass is 284 g/mol. The van der Waals surface area contributed by atoms with Crippen molar-refractivity contribution in [3.05, 3.63) is 63.7 Å². The number of benzene rings is 2. The van der Waals surface area contributed by atoms with Gasteiger partial charge in [0, 0.05) is 22.6 Å². The topological polar surface area (TPSA) is 30.2 Å². The molecule has 20 heavy (non-hydrogen) atoms. The van der Waals surface area contributed by atoms with Gasteiger partial charge in [0.2, 0.25) is 0 Å². The van der Waals surface area contributed by atoms with E-state index >= 15 is 0 Å². The van der Waals surface area contributed by atoms with Gasteiger partial charge >= 0.3 is 5.63 Å². The second-order valence-electron chi connectivity index (χ2n) is 4.36. The molecule has 5 heteroatoms. The lowest BCUT2D eigenvalue weighted by Gasteiger charge is -2.08. The Balaban J connectivity index is 2.38. The summed E-state index contributed by atoms with van der Waals surface area (Å²) in [7, 11) is 5.67. The minimum Gasteiger partial charge on any atom is -0.423 e. The lowest BCUT2D eigenvalue weighted by molar-refractivity contribution is 0.562. The fraction of sp³-hybridized carbons (Fsp3) is 0. The van der Waals surface area contributed by atoms with Gasteiger partial charge in [-0.2, -0.15) is 0 Å². The molecule has 3 rings (SSSR count). The number of hydrogen-bond donors (Lipinski definition) is 0. The molecular weight excluding hydrogens is 277 g/mol. The van der Waals surface area contributed by atoms with Crippen LogP contribution in [0.25, 0.3) is 22.1 Å². The Morgan fingerprint density at radius 2 is 1.85 bits per heavy atom. The molecule has 2 nitrogen and oxygen atoms in total. The van der Waals surface area contributed by atoms with E-state index in [1.54, 1.807) is 18.2 Å². The van der Waals surface area contributed by atoms with E-state index < -0.39 is 11.4 Å². The maximum Gasteiger partial charge on any atom is 0.336 e. The molecular formula is C15H7BClFO2. The quantitative estimate of drug-likeness (QED) is 0.508. The second kappa shape index (κ2) is 4.80. The van der Waals surface area contributed by atoms with Gasteiger partial charge in [-0.1, -0.05) is 29.2 Å². The first kappa shape index (κ1) is 12.9. The second-order valence-corrected chi connectivity index (χ2v) is 4.77. The summed E-state index contributed by atoms with van der Waals surface area (Å²) >= 11 is 6.05. The highest BCUT2D eigenvalue weighted by Gasteiger charge is 2.11. The van der Waals surface area contributed by atoms with Crippen LogP contribution in [-0.4, -0.2) is 7.85 Å². The lowest BCUT2D eigenvalue weighted by Crippen LogP contribution is -2.04. The number of halogens is 2. The van der Waals surface area contributed by atoms with Crippen molar-refractivity contribution in [3.8, 4) is 11.1 Å². The Hall–Kier alpha value is -2.07. The Labute approximate surface area is 120 Å². The molecule has 3 aromatic rings. The van der Waals surface area contributed by atoms with Crippen LogP contribution < -0.4 is 11.1 Å². The summed E-state index contributed by atoms with van der Waals surface area (Å²) < 4.78 is 18.2. The molecule has 0 atom stereocenters. The van der Waals surface area contributed by atoms with Crippen molar-refractivity contribution in [2.24, 2.45) is 0 Å². The zero-order chi connectivity index (χ0) is 14.3. The molecule has 0 saturated carbocycles. The van der Waals surface area contributed by atoms with E-state index in [0.29, 0.717) is 27.6 Å². The van der Waals surface area contributed by atoms with Crippen LogP contribution in [0.2, 0.25) is 5.02 Å². The third-order valence-electron chi connectivity index (χ3n) is 2.99. The minimum absolute atomic E-state index is 0.230. The van der Waals surface area contributed by atoms with Gasteiger partial charge in [-0.15, -0.1) is 0 Å². The standard InChI is InChI=1S/C15H7BClFO2/c16-8-1-3-11-12(7-15(19)20-14(11)5-8)10-4-2-9(18)6-13(10)17/h1-7H. The molecule has 0 aliphatic carbocycles. The van der Waals surface area contributed by atoms with Gasteiger partial charge in [-0.05, 0) is 24.3 Å². The van der Waals surface area contributed by atoms with Crippen molar-refractivity contribution in [2.45, 2.75) is 0 Å². The van der Waals surface area contributed by atoms with Gasteiger partial charge in [-0.3, -0.25) is 0 Å². The van der Waals surface area contributed by atoms with Gasteiger partial charge in [0.05, 0.1) is 5.02 Å². The van der Waals surface area contributed by atoms with Crippen LogP contribution in [0.1, 0.15) is 0 Å². The van der Waals surface area contributed by atoms with Crippen LogP contribution in [0.5, 0.6) is 0 Å². The zero-order valence-electron chi connectivity index (χ0n) is 10.2. The SMILES string of the molecule is [B]c1ccc2c(-c3ccc(F)cc3Cl)cc(=O)oc2c1.